The average Bonchev–Trinajstić information content (AvgIpc) is 3.04. The predicted octanol–water partition coefficient (Wildman–Crippen LogP) is 4.03. The number of hydrogen-bond acceptors (Lipinski definition) is 4. The van der Waals surface area contributed by atoms with E-state index < -0.39 is 0 Å². The van der Waals surface area contributed by atoms with E-state index in [1.54, 1.807) is 12.1 Å². The van der Waals surface area contributed by atoms with Gasteiger partial charge in [-0.2, -0.15) is 5.10 Å². The molecule has 4 nitrogen and oxygen atoms in total. The van der Waals surface area contributed by atoms with Gasteiger partial charge in [0.2, 0.25) is 0 Å². The number of pyridine rings is 1. The lowest BCUT2D eigenvalue weighted by molar-refractivity contribution is 0.474. The number of hydrazone groups is 1. The molecule has 114 valence electrons. The number of phenols is 1. The number of aromatic nitrogens is 1. The SMILES string of the molecule is Oc1ccccc1C1=NNC(c2cc3ccccc3nc2Cl)C1. The summed E-state index contributed by atoms with van der Waals surface area (Å²) < 4.78 is 0. The van der Waals surface area contributed by atoms with E-state index in [1.807, 2.05) is 42.5 Å². The Balaban J connectivity index is 1.66. The maximum atomic E-state index is 9.98. The first-order valence-corrected chi connectivity index (χ1v) is 7.76. The van der Waals surface area contributed by atoms with Crippen LogP contribution < -0.4 is 5.43 Å². The Morgan fingerprint density at radius 1 is 1.09 bits per heavy atom. The van der Waals surface area contributed by atoms with Crippen LogP contribution in [-0.4, -0.2) is 15.8 Å². The van der Waals surface area contributed by atoms with Crippen LogP contribution in [0.4, 0.5) is 0 Å². The number of benzene rings is 2. The maximum Gasteiger partial charge on any atom is 0.135 e. The van der Waals surface area contributed by atoms with Gasteiger partial charge < -0.3 is 10.5 Å². The molecule has 0 amide bonds. The molecule has 0 radical (unpaired) electrons. The fraction of sp³-hybridized carbons (Fsp3) is 0.111. The van der Waals surface area contributed by atoms with Gasteiger partial charge in [0, 0.05) is 22.9 Å². The van der Waals surface area contributed by atoms with E-state index in [0.717, 1.165) is 27.7 Å². The lowest BCUT2D eigenvalue weighted by Crippen LogP contribution is -2.11. The molecule has 3 aromatic rings. The number of aromatic hydroxyl groups is 1. The molecule has 5 heteroatoms. The van der Waals surface area contributed by atoms with Crippen LogP contribution in [0.15, 0.2) is 59.7 Å². The Morgan fingerprint density at radius 2 is 1.87 bits per heavy atom. The van der Waals surface area contributed by atoms with Crippen LogP contribution in [0, 0.1) is 0 Å². The Labute approximate surface area is 138 Å². The number of halogens is 1. The number of fused-ring (bicyclic) bond motifs is 1. The Morgan fingerprint density at radius 3 is 2.74 bits per heavy atom. The molecule has 0 saturated heterocycles. The normalized spacial score (nSPS) is 17.1. The molecular formula is C18H14ClN3O. The molecule has 1 aliphatic heterocycles. The van der Waals surface area contributed by atoms with E-state index in [2.05, 4.69) is 15.5 Å². The van der Waals surface area contributed by atoms with Crippen molar-refractivity contribution in [3.63, 3.8) is 0 Å². The molecule has 0 fully saturated rings. The summed E-state index contributed by atoms with van der Waals surface area (Å²) in [7, 11) is 0. The third kappa shape index (κ3) is 2.51. The number of nitrogens with zero attached hydrogens (tertiary/aromatic N) is 2. The molecule has 2 N–H and O–H groups in total. The van der Waals surface area contributed by atoms with Gasteiger partial charge in [-0.1, -0.05) is 41.9 Å². The Kier molecular flexibility index (Phi) is 3.39. The second kappa shape index (κ2) is 5.56. The lowest BCUT2D eigenvalue weighted by atomic mass is 9.98. The summed E-state index contributed by atoms with van der Waals surface area (Å²) in [4.78, 5) is 4.46. The number of hydrogen-bond donors (Lipinski definition) is 2. The molecule has 0 saturated carbocycles. The molecule has 1 atom stereocenters. The van der Waals surface area contributed by atoms with E-state index in [-0.39, 0.29) is 11.8 Å². The van der Waals surface area contributed by atoms with Gasteiger partial charge in [-0.05, 0) is 24.3 Å². The van der Waals surface area contributed by atoms with Crippen molar-refractivity contribution in [2.24, 2.45) is 5.10 Å². The highest BCUT2D eigenvalue weighted by atomic mass is 35.5. The van der Waals surface area contributed by atoms with Crippen molar-refractivity contribution in [3.05, 3.63) is 70.9 Å². The Bertz CT molecular complexity index is 923. The van der Waals surface area contributed by atoms with Gasteiger partial charge in [0.1, 0.15) is 10.9 Å². The zero-order valence-electron chi connectivity index (χ0n) is 12.2. The van der Waals surface area contributed by atoms with Gasteiger partial charge in [0.15, 0.2) is 0 Å². The first-order chi connectivity index (χ1) is 11.2. The van der Waals surface area contributed by atoms with Crippen LogP contribution in [0.3, 0.4) is 0 Å². The molecule has 0 aliphatic carbocycles. The van der Waals surface area contributed by atoms with Gasteiger partial charge in [-0.25, -0.2) is 4.98 Å². The predicted molar refractivity (Wildman–Crippen MR) is 91.9 cm³/mol. The minimum Gasteiger partial charge on any atom is -0.507 e. The summed E-state index contributed by atoms with van der Waals surface area (Å²) in [6.45, 7) is 0. The van der Waals surface area contributed by atoms with Gasteiger partial charge in [-0.3, -0.25) is 0 Å². The fourth-order valence-electron chi connectivity index (χ4n) is 2.86. The Hall–Kier alpha value is -2.59. The van der Waals surface area contributed by atoms with Crippen molar-refractivity contribution in [1.82, 2.24) is 10.4 Å². The van der Waals surface area contributed by atoms with Gasteiger partial charge in [0.05, 0.1) is 17.3 Å². The van der Waals surface area contributed by atoms with Crippen molar-refractivity contribution in [1.29, 1.82) is 0 Å². The highest BCUT2D eigenvalue weighted by Gasteiger charge is 2.25. The smallest absolute Gasteiger partial charge is 0.135 e. The molecular weight excluding hydrogens is 310 g/mol. The summed E-state index contributed by atoms with van der Waals surface area (Å²) in [5.74, 6) is 0.233. The number of nitrogens with one attached hydrogen (secondary N) is 1. The largest absolute Gasteiger partial charge is 0.507 e. The van der Waals surface area contributed by atoms with Gasteiger partial charge in [-0.15, -0.1) is 0 Å². The highest BCUT2D eigenvalue weighted by molar-refractivity contribution is 6.30. The van der Waals surface area contributed by atoms with E-state index in [9.17, 15) is 5.11 Å². The highest BCUT2D eigenvalue weighted by Crippen LogP contribution is 2.32. The van der Waals surface area contributed by atoms with Crippen molar-refractivity contribution < 1.29 is 5.11 Å². The molecule has 0 spiro atoms. The summed E-state index contributed by atoms with van der Waals surface area (Å²) in [5, 5.41) is 15.9. The number of phenolic OH excluding ortho intramolecular Hbond substituents is 1. The minimum atomic E-state index is -0.0470. The van der Waals surface area contributed by atoms with E-state index in [0.29, 0.717) is 11.6 Å². The second-order valence-corrected chi connectivity index (χ2v) is 5.88. The zero-order chi connectivity index (χ0) is 15.8. The second-order valence-electron chi connectivity index (χ2n) is 5.52. The summed E-state index contributed by atoms with van der Waals surface area (Å²) in [6, 6.07) is 17.1. The van der Waals surface area contributed by atoms with Crippen LogP contribution in [0.25, 0.3) is 10.9 Å². The molecule has 4 rings (SSSR count). The van der Waals surface area contributed by atoms with Crippen molar-refractivity contribution in [3.8, 4) is 5.75 Å². The van der Waals surface area contributed by atoms with Crippen LogP contribution >= 0.6 is 11.6 Å². The first-order valence-electron chi connectivity index (χ1n) is 7.38. The van der Waals surface area contributed by atoms with Crippen LogP contribution in [0.2, 0.25) is 5.15 Å². The minimum absolute atomic E-state index is 0.0470. The summed E-state index contributed by atoms with van der Waals surface area (Å²) in [6.07, 6.45) is 0.650. The molecule has 1 unspecified atom stereocenters. The van der Waals surface area contributed by atoms with Crippen LogP contribution in [0.1, 0.15) is 23.6 Å². The number of para-hydroxylation sites is 2. The van der Waals surface area contributed by atoms with E-state index in [4.69, 9.17) is 11.6 Å². The molecule has 1 aromatic heterocycles. The third-order valence-electron chi connectivity index (χ3n) is 4.05. The molecule has 1 aliphatic rings. The van der Waals surface area contributed by atoms with Gasteiger partial charge >= 0.3 is 0 Å². The topological polar surface area (TPSA) is 57.5 Å². The summed E-state index contributed by atoms with van der Waals surface area (Å²) >= 11 is 6.36. The maximum absolute atomic E-state index is 9.98. The summed E-state index contributed by atoms with van der Waals surface area (Å²) in [5.41, 5.74) is 6.46. The molecule has 0 bridgehead atoms. The van der Waals surface area contributed by atoms with Crippen LogP contribution in [-0.2, 0) is 0 Å². The molecule has 23 heavy (non-hydrogen) atoms. The fourth-order valence-corrected chi connectivity index (χ4v) is 3.14. The molecule has 2 heterocycles. The lowest BCUT2D eigenvalue weighted by Gasteiger charge is -2.13. The third-order valence-corrected chi connectivity index (χ3v) is 4.35. The molecule has 2 aromatic carbocycles. The number of rotatable bonds is 2. The first kappa shape index (κ1) is 14.0. The van der Waals surface area contributed by atoms with E-state index in [1.165, 1.54) is 0 Å². The monoisotopic (exact) mass is 323 g/mol. The zero-order valence-corrected chi connectivity index (χ0v) is 13.0. The van der Waals surface area contributed by atoms with Gasteiger partial charge in [0.25, 0.3) is 0 Å². The van der Waals surface area contributed by atoms with Crippen molar-refractivity contribution >= 4 is 28.2 Å². The van der Waals surface area contributed by atoms with Crippen LogP contribution in [0.5, 0.6) is 5.75 Å². The average molecular weight is 324 g/mol. The standard InChI is InChI=1S/C18H14ClN3O/c19-18-13(9-11-5-1-3-7-14(11)20-18)16-10-15(21-22-16)12-6-2-4-8-17(12)23/h1-9,16,22-23H,10H2. The quantitative estimate of drug-likeness (QED) is 0.700. The van der Waals surface area contributed by atoms with Crippen molar-refractivity contribution in [2.75, 3.05) is 0 Å². The van der Waals surface area contributed by atoms with E-state index >= 15 is 0 Å². The van der Waals surface area contributed by atoms with Crippen molar-refractivity contribution in [2.45, 2.75) is 12.5 Å².